The van der Waals surface area contributed by atoms with Crippen molar-refractivity contribution in [1.29, 1.82) is 0 Å². The van der Waals surface area contributed by atoms with Gasteiger partial charge in [-0.2, -0.15) is 8.42 Å². The highest BCUT2D eigenvalue weighted by Crippen LogP contribution is 2.26. The molecule has 0 unspecified atom stereocenters. The number of amides is 1. The first-order valence-electron chi connectivity index (χ1n) is 8.06. The summed E-state index contributed by atoms with van der Waals surface area (Å²) < 4.78 is 35.4. The number of ether oxygens (including phenoxy) is 1. The molecule has 1 N–H and O–H groups in total. The van der Waals surface area contributed by atoms with Crippen LogP contribution in [-0.2, 0) is 14.9 Å². The average molecular weight is 377 g/mol. The van der Waals surface area contributed by atoms with E-state index in [9.17, 15) is 13.2 Å². The van der Waals surface area contributed by atoms with Gasteiger partial charge < -0.3 is 18.9 Å². The second kappa shape index (κ2) is 7.35. The van der Waals surface area contributed by atoms with Gasteiger partial charge in [0, 0.05) is 6.54 Å². The molecule has 0 aliphatic carbocycles. The van der Waals surface area contributed by atoms with Crippen molar-refractivity contribution >= 4 is 16.2 Å². The van der Waals surface area contributed by atoms with Gasteiger partial charge in [0.25, 0.3) is 0 Å². The summed E-state index contributed by atoms with van der Waals surface area (Å²) in [6.45, 7) is 2.75. The zero-order valence-electron chi connectivity index (χ0n) is 14.2. The number of aryl methyl sites for hydroxylation is 1. The van der Waals surface area contributed by atoms with Crippen molar-refractivity contribution in [2.24, 2.45) is 0 Å². The van der Waals surface area contributed by atoms with E-state index in [1.807, 2.05) is 6.92 Å². The van der Waals surface area contributed by atoms with Gasteiger partial charge >= 0.3 is 16.2 Å². The number of rotatable bonds is 4. The number of hydrogen-bond donors (Lipinski definition) is 1. The summed E-state index contributed by atoms with van der Waals surface area (Å²) >= 11 is 0. The molecule has 1 aliphatic heterocycles. The summed E-state index contributed by atoms with van der Waals surface area (Å²) in [5.74, 6) is 0.181. The molecule has 7 nitrogen and oxygen atoms in total. The zero-order chi connectivity index (χ0) is 18.7. The molecule has 8 heteroatoms. The molecule has 0 aromatic heterocycles. The molecule has 0 saturated carbocycles. The number of benzene rings is 2. The maximum absolute atomic E-state index is 12.3. The lowest BCUT2D eigenvalue weighted by Gasteiger charge is -2.31. The molecule has 138 valence electrons. The molecule has 3 rings (SSSR count). The van der Waals surface area contributed by atoms with E-state index in [-0.39, 0.29) is 23.3 Å². The predicted octanol–water partition coefficient (Wildman–Crippen LogP) is 2.81. The number of carboxylic acid groups (broad SMARTS) is 1. The Labute approximate surface area is 151 Å². The molecule has 2 aromatic rings. The molecule has 1 fully saturated rings. The third-order valence-corrected chi connectivity index (χ3v) is 5.37. The van der Waals surface area contributed by atoms with E-state index in [4.69, 9.17) is 14.0 Å². The fraction of sp³-hybridized carbons (Fsp3) is 0.278. The van der Waals surface area contributed by atoms with E-state index < -0.39 is 16.2 Å². The van der Waals surface area contributed by atoms with Crippen LogP contribution in [0.25, 0.3) is 0 Å². The van der Waals surface area contributed by atoms with Gasteiger partial charge in [0.05, 0.1) is 13.2 Å². The van der Waals surface area contributed by atoms with Crippen LogP contribution in [0.5, 0.6) is 5.75 Å². The Kier molecular flexibility index (Phi) is 5.15. The van der Waals surface area contributed by atoms with Crippen LogP contribution in [0.15, 0.2) is 53.4 Å². The summed E-state index contributed by atoms with van der Waals surface area (Å²) in [6, 6.07) is 12.8. The first-order valence-corrected chi connectivity index (χ1v) is 9.46. The van der Waals surface area contributed by atoms with Crippen molar-refractivity contribution in [3.8, 4) is 5.75 Å². The molecule has 26 heavy (non-hydrogen) atoms. The van der Waals surface area contributed by atoms with Crippen molar-refractivity contribution in [1.82, 2.24) is 4.90 Å². The normalized spacial score (nSPS) is 17.7. The lowest BCUT2D eigenvalue weighted by molar-refractivity contribution is -0.0232. The van der Waals surface area contributed by atoms with Crippen LogP contribution in [0.4, 0.5) is 4.79 Å². The van der Waals surface area contributed by atoms with Crippen LogP contribution in [0, 0.1) is 6.92 Å². The van der Waals surface area contributed by atoms with Gasteiger partial charge in [0.1, 0.15) is 16.7 Å². The van der Waals surface area contributed by atoms with E-state index in [0.717, 1.165) is 11.1 Å². The maximum atomic E-state index is 12.3. The van der Waals surface area contributed by atoms with Gasteiger partial charge in [0.2, 0.25) is 0 Å². The molecule has 1 aliphatic rings. The second-order valence-electron chi connectivity index (χ2n) is 6.01. The summed E-state index contributed by atoms with van der Waals surface area (Å²) in [6.07, 6.45) is -1.37. The molecule has 0 bridgehead atoms. The van der Waals surface area contributed by atoms with Crippen LogP contribution in [0.3, 0.4) is 0 Å². The minimum absolute atomic E-state index is 0.0832. The van der Waals surface area contributed by atoms with Crippen LogP contribution < -0.4 is 4.18 Å². The van der Waals surface area contributed by atoms with Gasteiger partial charge in [-0.05, 0) is 36.8 Å². The third kappa shape index (κ3) is 4.14. The van der Waals surface area contributed by atoms with E-state index in [0.29, 0.717) is 13.2 Å². The molecule has 1 atom stereocenters. The molecular formula is C18H19NO6S. The Morgan fingerprint density at radius 2 is 1.81 bits per heavy atom. The molecule has 1 saturated heterocycles. The fourth-order valence-electron chi connectivity index (χ4n) is 2.64. The standard InChI is InChI=1S/C18H19NO6S/c1-13-2-8-16(9-3-13)26(22,23)25-15-6-4-14(5-7-15)17-12-19(18(20)21)10-11-24-17/h2-9,17H,10-12H2,1H3,(H,20,21)/t17-/m1/s1. The summed E-state index contributed by atoms with van der Waals surface area (Å²) in [4.78, 5) is 12.5. The van der Waals surface area contributed by atoms with Crippen molar-refractivity contribution < 1.29 is 27.2 Å². The summed E-state index contributed by atoms with van der Waals surface area (Å²) in [5, 5.41) is 9.08. The Balaban J connectivity index is 1.71. The lowest BCUT2D eigenvalue weighted by Crippen LogP contribution is -2.41. The van der Waals surface area contributed by atoms with Crippen molar-refractivity contribution in [2.75, 3.05) is 19.7 Å². The second-order valence-corrected chi connectivity index (χ2v) is 7.55. The number of carbonyl (C=O) groups is 1. The van der Waals surface area contributed by atoms with E-state index in [1.165, 1.54) is 29.2 Å². The van der Waals surface area contributed by atoms with Gasteiger partial charge in [-0.1, -0.05) is 29.8 Å². The first-order chi connectivity index (χ1) is 12.3. The smallest absolute Gasteiger partial charge is 0.407 e. The topological polar surface area (TPSA) is 93.1 Å². The molecule has 2 aromatic carbocycles. The van der Waals surface area contributed by atoms with E-state index in [2.05, 4.69) is 0 Å². The van der Waals surface area contributed by atoms with Crippen molar-refractivity contribution in [3.63, 3.8) is 0 Å². The summed E-state index contributed by atoms with van der Waals surface area (Å²) in [7, 11) is -3.91. The quantitative estimate of drug-likeness (QED) is 0.824. The third-order valence-electron chi connectivity index (χ3n) is 4.10. The van der Waals surface area contributed by atoms with Gasteiger partial charge in [0.15, 0.2) is 0 Å². The minimum Gasteiger partial charge on any atom is -0.465 e. The SMILES string of the molecule is Cc1ccc(S(=O)(=O)Oc2ccc([C@H]3CN(C(=O)O)CCO3)cc2)cc1. The van der Waals surface area contributed by atoms with E-state index >= 15 is 0 Å². The fourth-order valence-corrected chi connectivity index (χ4v) is 3.57. The maximum Gasteiger partial charge on any atom is 0.407 e. The highest BCUT2D eigenvalue weighted by Gasteiger charge is 2.25. The van der Waals surface area contributed by atoms with Crippen LogP contribution in [0.1, 0.15) is 17.2 Å². The van der Waals surface area contributed by atoms with Crippen molar-refractivity contribution in [2.45, 2.75) is 17.9 Å². The van der Waals surface area contributed by atoms with Crippen LogP contribution >= 0.6 is 0 Å². The van der Waals surface area contributed by atoms with Crippen LogP contribution in [-0.4, -0.2) is 44.2 Å². The Morgan fingerprint density at radius 1 is 1.15 bits per heavy atom. The largest absolute Gasteiger partial charge is 0.465 e. The molecule has 0 radical (unpaired) electrons. The molecule has 0 spiro atoms. The Hall–Kier alpha value is -2.58. The minimum atomic E-state index is -3.91. The zero-order valence-corrected chi connectivity index (χ0v) is 15.0. The Bertz CT molecular complexity index is 877. The predicted molar refractivity (Wildman–Crippen MR) is 93.7 cm³/mol. The molecule has 1 amide bonds. The van der Waals surface area contributed by atoms with Gasteiger partial charge in [-0.3, -0.25) is 0 Å². The number of nitrogens with zero attached hydrogens (tertiary/aromatic N) is 1. The van der Waals surface area contributed by atoms with E-state index in [1.54, 1.807) is 24.3 Å². The van der Waals surface area contributed by atoms with Gasteiger partial charge in [-0.25, -0.2) is 4.79 Å². The van der Waals surface area contributed by atoms with Crippen molar-refractivity contribution in [3.05, 3.63) is 59.7 Å². The Morgan fingerprint density at radius 3 is 2.42 bits per heavy atom. The highest BCUT2D eigenvalue weighted by molar-refractivity contribution is 7.87. The lowest BCUT2D eigenvalue weighted by atomic mass is 10.1. The number of morpholine rings is 1. The average Bonchev–Trinajstić information content (AvgIpc) is 2.62. The highest BCUT2D eigenvalue weighted by atomic mass is 32.2. The van der Waals surface area contributed by atoms with Gasteiger partial charge in [-0.15, -0.1) is 0 Å². The summed E-state index contributed by atoms with van der Waals surface area (Å²) in [5.41, 5.74) is 1.72. The number of hydrogen-bond acceptors (Lipinski definition) is 5. The monoisotopic (exact) mass is 377 g/mol. The first kappa shape index (κ1) is 18.2. The molecular weight excluding hydrogens is 358 g/mol. The van der Waals surface area contributed by atoms with Crippen LogP contribution in [0.2, 0.25) is 0 Å². The molecule has 1 heterocycles.